The molecule has 0 saturated carbocycles. The van der Waals surface area contributed by atoms with Crippen molar-refractivity contribution < 1.29 is 0 Å². The fourth-order valence-electron chi connectivity index (χ4n) is 3.37. The number of nitrogens with zero attached hydrogens (tertiary/aromatic N) is 2. The van der Waals surface area contributed by atoms with Gasteiger partial charge in [0.2, 0.25) is 0 Å². The second-order valence-corrected chi connectivity index (χ2v) is 6.84. The Bertz CT molecular complexity index is 942. The summed E-state index contributed by atoms with van der Waals surface area (Å²) in [7, 11) is 0. The van der Waals surface area contributed by atoms with Crippen molar-refractivity contribution in [2.45, 2.75) is 39.7 Å². The van der Waals surface area contributed by atoms with Crippen molar-refractivity contribution in [2.24, 2.45) is 0 Å². The summed E-state index contributed by atoms with van der Waals surface area (Å²) in [5.74, 6) is 7.78. The van der Waals surface area contributed by atoms with Gasteiger partial charge in [-0.25, -0.2) is 4.98 Å². The van der Waals surface area contributed by atoms with Gasteiger partial charge in [-0.3, -0.25) is 0 Å². The molecule has 1 aliphatic rings. The first kappa shape index (κ1) is 15.7. The Kier molecular flexibility index (Phi) is 4.15. The molecule has 0 fully saturated rings. The number of fused-ring (bicyclic) bond motifs is 1. The minimum Gasteiger partial charge on any atom is -0.334 e. The summed E-state index contributed by atoms with van der Waals surface area (Å²) < 4.78 is 2.30. The SMILES string of the molecule is Cc1ccc(C#Cc2ccc(-c3cn4c(n3)CCCC4)cc2)c(C)c1. The van der Waals surface area contributed by atoms with Crippen molar-refractivity contribution in [3.05, 3.63) is 76.7 Å². The Labute approximate surface area is 149 Å². The van der Waals surface area contributed by atoms with Crippen LogP contribution in [0.25, 0.3) is 11.3 Å². The molecule has 25 heavy (non-hydrogen) atoms. The molecule has 0 bridgehead atoms. The van der Waals surface area contributed by atoms with Crippen molar-refractivity contribution >= 4 is 0 Å². The second-order valence-electron chi connectivity index (χ2n) is 6.84. The molecule has 2 nitrogen and oxygen atoms in total. The molecule has 1 aromatic heterocycles. The smallest absolute Gasteiger partial charge is 0.109 e. The zero-order valence-electron chi connectivity index (χ0n) is 14.8. The van der Waals surface area contributed by atoms with Crippen molar-refractivity contribution in [3.63, 3.8) is 0 Å². The van der Waals surface area contributed by atoms with E-state index in [-0.39, 0.29) is 0 Å². The van der Waals surface area contributed by atoms with Crippen LogP contribution in [0.3, 0.4) is 0 Å². The lowest BCUT2D eigenvalue weighted by Gasteiger charge is -2.11. The minimum absolute atomic E-state index is 1.03. The quantitative estimate of drug-likeness (QED) is 0.581. The molecule has 2 heterocycles. The lowest BCUT2D eigenvalue weighted by atomic mass is 10.1. The van der Waals surface area contributed by atoms with E-state index in [2.05, 4.69) is 78.9 Å². The van der Waals surface area contributed by atoms with E-state index < -0.39 is 0 Å². The van der Waals surface area contributed by atoms with Crippen LogP contribution >= 0.6 is 0 Å². The monoisotopic (exact) mass is 326 g/mol. The van der Waals surface area contributed by atoms with Gasteiger partial charge >= 0.3 is 0 Å². The van der Waals surface area contributed by atoms with Gasteiger partial charge in [0.1, 0.15) is 5.82 Å². The molecule has 0 radical (unpaired) electrons. The van der Waals surface area contributed by atoms with Crippen LogP contribution in [0.5, 0.6) is 0 Å². The Balaban J connectivity index is 1.56. The summed E-state index contributed by atoms with van der Waals surface area (Å²) in [4.78, 5) is 4.79. The summed E-state index contributed by atoms with van der Waals surface area (Å²) in [6, 6.07) is 14.8. The summed E-state index contributed by atoms with van der Waals surface area (Å²) in [6.45, 7) is 5.32. The molecule has 3 aromatic rings. The highest BCUT2D eigenvalue weighted by atomic mass is 15.1. The first-order valence-corrected chi connectivity index (χ1v) is 8.95. The molecule has 0 atom stereocenters. The van der Waals surface area contributed by atoms with Gasteiger partial charge in [-0.15, -0.1) is 0 Å². The van der Waals surface area contributed by atoms with Gasteiger partial charge < -0.3 is 4.57 Å². The fraction of sp³-hybridized carbons (Fsp3) is 0.261. The van der Waals surface area contributed by atoms with Gasteiger partial charge in [0.25, 0.3) is 0 Å². The first-order valence-electron chi connectivity index (χ1n) is 8.95. The van der Waals surface area contributed by atoms with E-state index in [9.17, 15) is 0 Å². The number of aromatic nitrogens is 2. The third-order valence-electron chi connectivity index (χ3n) is 4.81. The topological polar surface area (TPSA) is 17.8 Å². The first-order chi connectivity index (χ1) is 12.2. The molecule has 2 heteroatoms. The van der Waals surface area contributed by atoms with Gasteiger partial charge in [-0.1, -0.05) is 41.7 Å². The fourth-order valence-corrected chi connectivity index (χ4v) is 3.37. The van der Waals surface area contributed by atoms with E-state index in [1.54, 1.807) is 0 Å². The minimum atomic E-state index is 1.03. The van der Waals surface area contributed by atoms with E-state index in [0.717, 1.165) is 29.8 Å². The highest BCUT2D eigenvalue weighted by molar-refractivity contribution is 5.60. The van der Waals surface area contributed by atoms with Crippen LogP contribution in [0.2, 0.25) is 0 Å². The summed E-state index contributed by atoms with van der Waals surface area (Å²) >= 11 is 0. The number of imidazole rings is 1. The number of benzene rings is 2. The average Bonchev–Trinajstić information content (AvgIpc) is 3.05. The molecule has 4 rings (SSSR count). The lowest BCUT2D eigenvalue weighted by Crippen LogP contribution is -2.08. The molecule has 0 aliphatic carbocycles. The van der Waals surface area contributed by atoms with Gasteiger partial charge in [-0.05, 0) is 50.5 Å². The molecule has 0 spiro atoms. The maximum atomic E-state index is 4.79. The molecule has 1 aliphatic heterocycles. The van der Waals surface area contributed by atoms with Gasteiger partial charge in [0.05, 0.1) is 5.69 Å². The van der Waals surface area contributed by atoms with Gasteiger partial charge in [-0.2, -0.15) is 0 Å². The zero-order chi connectivity index (χ0) is 17.2. The molecule has 0 N–H and O–H groups in total. The summed E-state index contributed by atoms with van der Waals surface area (Å²) in [5, 5.41) is 0. The molecule has 2 aromatic carbocycles. The van der Waals surface area contributed by atoms with Crippen LogP contribution in [-0.2, 0) is 13.0 Å². The Hall–Kier alpha value is -2.79. The molecule has 0 saturated heterocycles. The third-order valence-corrected chi connectivity index (χ3v) is 4.81. The van der Waals surface area contributed by atoms with Crippen LogP contribution in [0.1, 0.15) is 40.9 Å². The molecular weight excluding hydrogens is 304 g/mol. The second kappa shape index (κ2) is 6.61. The van der Waals surface area contributed by atoms with Crippen molar-refractivity contribution in [1.82, 2.24) is 9.55 Å². The van der Waals surface area contributed by atoms with Crippen LogP contribution in [0.4, 0.5) is 0 Å². The number of hydrogen-bond acceptors (Lipinski definition) is 1. The van der Waals surface area contributed by atoms with Crippen molar-refractivity contribution in [3.8, 4) is 23.1 Å². The lowest BCUT2D eigenvalue weighted by molar-refractivity contribution is 0.522. The van der Waals surface area contributed by atoms with Crippen molar-refractivity contribution in [2.75, 3.05) is 0 Å². The number of hydrogen-bond donors (Lipinski definition) is 0. The van der Waals surface area contributed by atoms with Crippen molar-refractivity contribution in [1.29, 1.82) is 0 Å². The van der Waals surface area contributed by atoms with E-state index in [1.807, 2.05) is 0 Å². The molecular formula is C23H22N2. The highest BCUT2D eigenvalue weighted by Crippen LogP contribution is 2.22. The molecule has 124 valence electrons. The van der Waals surface area contributed by atoms with E-state index >= 15 is 0 Å². The molecule has 0 amide bonds. The zero-order valence-corrected chi connectivity index (χ0v) is 14.8. The highest BCUT2D eigenvalue weighted by Gasteiger charge is 2.12. The Morgan fingerprint density at radius 3 is 2.56 bits per heavy atom. The van der Waals surface area contributed by atoms with Crippen LogP contribution in [0, 0.1) is 25.7 Å². The number of rotatable bonds is 1. The van der Waals surface area contributed by atoms with Gasteiger partial charge in [0, 0.05) is 35.9 Å². The maximum absolute atomic E-state index is 4.79. The van der Waals surface area contributed by atoms with Crippen LogP contribution < -0.4 is 0 Å². The normalized spacial score (nSPS) is 13.0. The van der Waals surface area contributed by atoms with Crippen LogP contribution in [0.15, 0.2) is 48.7 Å². The maximum Gasteiger partial charge on any atom is 0.109 e. The Morgan fingerprint density at radius 2 is 1.80 bits per heavy atom. The van der Waals surface area contributed by atoms with Crippen LogP contribution in [-0.4, -0.2) is 9.55 Å². The predicted octanol–water partition coefficient (Wildman–Crippen LogP) is 4.90. The Morgan fingerprint density at radius 1 is 0.960 bits per heavy atom. The largest absolute Gasteiger partial charge is 0.334 e. The predicted molar refractivity (Wildman–Crippen MR) is 102 cm³/mol. The van der Waals surface area contributed by atoms with E-state index in [0.29, 0.717) is 0 Å². The van der Waals surface area contributed by atoms with E-state index in [1.165, 1.54) is 35.4 Å². The van der Waals surface area contributed by atoms with Gasteiger partial charge in [0.15, 0.2) is 0 Å². The third kappa shape index (κ3) is 3.37. The number of aryl methyl sites for hydroxylation is 4. The average molecular weight is 326 g/mol. The summed E-state index contributed by atoms with van der Waals surface area (Å²) in [6.07, 6.45) is 5.80. The summed E-state index contributed by atoms with van der Waals surface area (Å²) in [5.41, 5.74) is 6.87. The van der Waals surface area contributed by atoms with E-state index in [4.69, 9.17) is 4.98 Å². The molecule has 0 unspecified atom stereocenters. The standard InChI is InChI=1S/C23H22N2/c1-17-6-10-20(18(2)15-17)11-7-19-8-12-21(13-9-19)22-16-25-14-4-3-5-23(25)24-22/h6,8-10,12-13,15-16H,3-5,14H2,1-2H3.